The summed E-state index contributed by atoms with van der Waals surface area (Å²) in [7, 11) is 0. The van der Waals surface area contributed by atoms with Gasteiger partial charge in [0.1, 0.15) is 5.75 Å². The van der Waals surface area contributed by atoms with E-state index in [1.807, 2.05) is 32.0 Å². The quantitative estimate of drug-likeness (QED) is 0.635. The van der Waals surface area contributed by atoms with Crippen molar-refractivity contribution in [1.82, 2.24) is 4.90 Å². The van der Waals surface area contributed by atoms with Gasteiger partial charge in [0.05, 0.1) is 18.8 Å². The van der Waals surface area contributed by atoms with Gasteiger partial charge >= 0.3 is 5.97 Å². The molecule has 0 aliphatic carbocycles. The molecule has 0 amide bonds. The molecule has 4 atom stereocenters. The van der Waals surface area contributed by atoms with Gasteiger partial charge in [-0.25, -0.2) is 0 Å². The van der Waals surface area contributed by atoms with Gasteiger partial charge in [-0.2, -0.15) is 0 Å². The molecule has 4 heteroatoms. The lowest BCUT2D eigenvalue weighted by Crippen LogP contribution is -2.58. The number of hydrogen-bond acceptors (Lipinski definition) is 4. The summed E-state index contributed by atoms with van der Waals surface area (Å²) in [6.45, 7) is 12.5. The molecule has 1 aromatic carbocycles. The number of aryl methyl sites for hydroxylation is 2. The first kappa shape index (κ1) is 17.0. The predicted molar refractivity (Wildman–Crippen MR) is 87.2 cm³/mol. The van der Waals surface area contributed by atoms with Crippen LogP contribution in [0.1, 0.15) is 38.8 Å². The van der Waals surface area contributed by atoms with E-state index in [9.17, 15) is 4.79 Å². The second-order valence-electron chi connectivity index (χ2n) is 6.39. The Kier molecular flexibility index (Phi) is 5.24. The van der Waals surface area contributed by atoms with Crippen molar-refractivity contribution in [1.29, 1.82) is 0 Å². The summed E-state index contributed by atoms with van der Waals surface area (Å²) < 4.78 is 11.5. The molecule has 0 bridgehead atoms. The summed E-state index contributed by atoms with van der Waals surface area (Å²) >= 11 is 0. The van der Waals surface area contributed by atoms with Gasteiger partial charge in [-0.05, 0) is 52.7 Å². The summed E-state index contributed by atoms with van der Waals surface area (Å²) in [5, 5.41) is 0. The highest BCUT2D eigenvalue weighted by Crippen LogP contribution is 2.25. The molecule has 1 heterocycles. The predicted octanol–water partition coefficient (Wildman–Crippen LogP) is 3.10. The van der Waals surface area contributed by atoms with E-state index in [4.69, 9.17) is 9.47 Å². The summed E-state index contributed by atoms with van der Waals surface area (Å²) in [5.74, 6) is 0.472. The molecule has 0 aromatic heterocycles. The third-order valence-corrected chi connectivity index (χ3v) is 4.77. The van der Waals surface area contributed by atoms with Crippen LogP contribution in [0.2, 0.25) is 0 Å². The second kappa shape index (κ2) is 6.80. The Morgan fingerprint density at radius 3 is 2.09 bits per heavy atom. The first-order chi connectivity index (χ1) is 10.3. The number of benzene rings is 1. The van der Waals surface area contributed by atoms with Gasteiger partial charge in [-0.3, -0.25) is 9.69 Å². The molecule has 1 fully saturated rings. The van der Waals surface area contributed by atoms with Crippen LogP contribution in [-0.2, 0) is 9.53 Å². The van der Waals surface area contributed by atoms with Crippen molar-refractivity contribution in [3.63, 3.8) is 0 Å². The highest BCUT2D eigenvalue weighted by Gasteiger charge is 2.36. The third-order valence-electron chi connectivity index (χ3n) is 4.77. The number of carbonyl (C=O) groups excluding carboxylic acids is 1. The monoisotopic (exact) mass is 305 g/mol. The van der Waals surface area contributed by atoms with Crippen molar-refractivity contribution in [2.24, 2.45) is 0 Å². The number of hydrogen-bond donors (Lipinski definition) is 0. The Bertz CT molecular complexity index is 509. The Morgan fingerprint density at radius 1 is 1.09 bits per heavy atom. The number of rotatable bonds is 3. The van der Waals surface area contributed by atoms with Crippen molar-refractivity contribution >= 4 is 5.97 Å². The first-order valence-electron chi connectivity index (χ1n) is 7.99. The van der Waals surface area contributed by atoms with Gasteiger partial charge in [0, 0.05) is 12.1 Å². The van der Waals surface area contributed by atoms with Gasteiger partial charge in [0.25, 0.3) is 0 Å². The standard InChI is InChI=1S/C18H27NO3/c1-11-8-7-9-12(2)18(11)22-17(20)10-19-13(3)15(5)21-16(6)14(19)4/h7-9,13-16H,10H2,1-6H3. The summed E-state index contributed by atoms with van der Waals surface area (Å²) in [5.41, 5.74) is 1.97. The van der Waals surface area contributed by atoms with Crippen LogP contribution in [0.25, 0.3) is 0 Å². The largest absolute Gasteiger partial charge is 0.425 e. The van der Waals surface area contributed by atoms with Gasteiger partial charge in [-0.15, -0.1) is 0 Å². The highest BCUT2D eigenvalue weighted by molar-refractivity contribution is 5.75. The van der Waals surface area contributed by atoms with Crippen LogP contribution >= 0.6 is 0 Å². The molecule has 4 unspecified atom stereocenters. The molecule has 1 aromatic rings. The summed E-state index contributed by atoms with van der Waals surface area (Å²) in [6.07, 6.45) is 0.221. The van der Waals surface area contributed by atoms with Gasteiger partial charge < -0.3 is 9.47 Å². The van der Waals surface area contributed by atoms with E-state index in [2.05, 4.69) is 32.6 Å². The number of para-hydroxylation sites is 1. The molecular weight excluding hydrogens is 278 g/mol. The van der Waals surface area contributed by atoms with E-state index >= 15 is 0 Å². The zero-order chi connectivity index (χ0) is 16.4. The van der Waals surface area contributed by atoms with Crippen LogP contribution in [0.4, 0.5) is 0 Å². The minimum absolute atomic E-state index is 0.110. The van der Waals surface area contributed by atoms with Crippen LogP contribution < -0.4 is 4.74 Å². The van der Waals surface area contributed by atoms with Crippen LogP contribution in [0, 0.1) is 13.8 Å². The third kappa shape index (κ3) is 3.50. The molecule has 0 saturated carbocycles. The van der Waals surface area contributed by atoms with E-state index in [-0.39, 0.29) is 36.8 Å². The van der Waals surface area contributed by atoms with Gasteiger partial charge in [0.2, 0.25) is 0 Å². The number of nitrogens with zero attached hydrogens (tertiary/aromatic N) is 1. The maximum atomic E-state index is 12.4. The molecule has 2 rings (SSSR count). The van der Waals surface area contributed by atoms with Crippen LogP contribution in [0.3, 0.4) is 0 Å². The van der Waals surface area contributed by atoms with E-state index in [1.54, 1.807) is 0 Å². The van der Waals surface area contributed by atoms with E-state index < -0.39 is 0 Å². The van der Waals surface area contributed by atoms with Gasteiger partial charge in [0.15, 0.2) is 0 Å². The molecule has 0 radical (unpaired) electrons. The molecule has 0 N–H and O–H groups in total. The first-order valence-corrected chi connectivity index (χ1v) is 7.99. The van der Waals surface area contributed by atoms with E-state index in [0.29, 0.717) is 5.75 Å². The van der Waals surface area contributed by atoms with E-state index in [0.717, 1.165) is 11.1 Å². The lowest BCUT2D eigenvalue weighted by atomic mass is 10.0. The molecule has 1 aliphatic heterocycles. The fourth-order valence-corrected chi connectivity index (χ4v) is 3.02. The topological polar surface area (TPSA) is 38.8 Å². The summed E-state index contributed by atoms with van der Waals surface area (Å²) in [4.78, 5) is 14.6. The molecule has 1 saturated heterocycles. The lowest BCUT2D eigenvalue weighted by Gasteiger charge is -2.45. The zero-order valence-corrected chi connectivity index (χ0v) is 14.4. The normalized spacial score (nSPS) is 29.4. The van der Waals surface area contributed by atoms with Crippen LogP contribution in [0.5, 0.6) is 5.75 Å². The molecule has 0 spiro atoms. The average molecular weight is 305 g/mol. The van der Waals surface area contributed by atoms with Crippen molar-refractivity contribution in [3.8, 4) is 5.75 Å². The minimum atomic E-state index is -0.211. The number of carbonyl (C=O) groups is 1. The number of morpholine rings is 1. The molecule has 22 heavy (non-hydrogen) atoms. The van der Waals surface area contributed by atoms with E-state index in [1.165, 1.54) is 0 Å². The average Bonchev–Trinajstić information content (AvgIpc) is 2.45. The second-order valence-corrected chi connectivity index (χ2v) is 6.39. The fraction of sp³-hybridized carbons (Fsp3) is 0.611. The highest BCUT2D eigenvalue weighted by atomic mass is 16.5. The molecule has 4 nitrogen and oxygen atoms in total. The maximum Gasteiger partial charge on any atom is 0.325 e. The maximum absolute atomic E-state index is 12.4. The molecule has 1 aliphatic rings. The summed E-state index contributed by atoms with van der Waals surface area (Å²) in [6, 6.07) is 6.27. The van der Waals surface area contributed by atoms with Gasteiger partial charge in [-0.1, -0.05) is 18.2 Å². The zero-order valence-electron chi connectivity index (χ0n) is 14.4. The Morgan fingerprint density at radius 2 is 1.59 bits per heavy atom. The minimum Gasteiger partial charge on any atom is -0.425 e. The molecular formula is C18H27NO3. The Hall–Kier alpha value is -1.39. The smallest absolute Gasteiger partial charge is 0.325 e. The van der Waals surface area contributed by atoms with Crippen LogP contribution in [-0.4, -0.2) is 41.7 Å². The Balaban J connectivity index is 2.08. The number of ether oxygens (including phenoxy) is 2. The number of esters is 1. The van der Waals surface area contributed by atoms with Crippen LogP contribution in [0.15, 0.2) is 18.2 Å². The van der Waals surface area contributed by atoms with Crippen molar-refractivity contribution < 1.29 is 14.3 Å². The lowest BCUT2D eigenvalue weighted by molar-refractivity contribution is -0.151. The van der Waals surface area contributed by atoms with Crippen molar-refractivity contribution in [2.75, 3.05) is 6.54 Å². The SMILES string of the molecule is Cc1cccc(C)c1OC(=O)CN1C(C)C(C)OC(C)C1C. The van der Waals surface area contributed by atoms with Crippen molar-refractivity contribution in [3.05, 3.63) is 29.3 Å². The molecule has 122 valence electrons. The Labute approximate surface area is 133 Å². The fourth-order valence-electron chi connectivity index (χ4n) is 3.02. The van der Waals surface area contributed by atoms with Crippen molar-refractivity contribution in [2.45, 2.75) is 65.8 Å².